The third kappa shape index (κ3) is 5.06. The Hall–Kier alpha value is -6.93. The van der Waals surface area contributed by atoms with Gasteiger partial charge in [-0.2, -0.15) is 0 Å². The predicted molar refractivity (Wildman–Crippen MR) is 240 cm³/mol. The van der Waals surface area contributed by atoms with Crippen LogP contribution in [-0.4, -0.2) is 0 Å². The third-order valence-electron chi connectivity index (χ3n) is 12.8. The number of hydrogen-bond acceptors (Lipinski definition) is 1. The van der Waals surface area contributed by atoms with Crippen molar-refractivity contribution in [1.29, 1.82) is 0 Å². The molecule has 0 spiro atoms. The van der Waals surface area contributed by atoms with Crippen LogP contribution in [0.5, 0.6) is 0 Å². The van der Waals surface area contributed by atoms with Gasteiger partial charge in [0.05, 0.1) is 10.8 Å². The van der Waals surface area contributed by atoms with Gasteiger partial charge in [-0.25, -0.2) is 8.78 Å². The molecule has 0 radical (unpaired) electrons. The third-order valence-corrected chi connectivity index (χ3v) is 15.9. The minimum atomic E-state index is -3.68. The normalized spacial score (nSPS) is 14.2. The van der Waals surface area contributed by atoms with E-state index in [4.69, 9.17) is 0 Å². The molecule has 0 amide bonds. The highest BCUT2D eigenvalue weighted by molar-refractivity contribution is 7.85. The van der Waals surface area contributed by atoms with Crippen molar-refractivity contribution in [3.63, 3.8) is 0 Å². The molecule has 0 heterocycles. The Bertz CT molecular complexity index is 2860. The monoisotopic (exact) mass is 794 g/mol. The van der Waals surface area contributed by atoms with E-state index < -0.39 is 18.0 Å². The van der Waals surface area contributed by atoms with Gasteiger partial charge in [0.15, 0.2) is 7.14 Å². The maximum atomic E-state index is 16.9. The van der Waals surface area contributed by atoms with Crippen molar-refractivity contribution >= 4 is 23.1 Å². The van der Waals surface area contributed by atoms with Gasteiger partial charge >= 0.3 is 0 Å². The Morgan fingerprint density at radius 1 is 0.300 bits per heavy atom. The molecule has 1 nitrogen and oxygen atoms in total. The SMILES string of the molecule is O=P(c1ccccc1)(c1ccc2c(c1)C(c1ccccc1)(c1ccccc1)c1cc(F)ccc1-2)c1ccc2c(c1)C(c1ccccc1)(c1ccccc1)c1cc(F)ccc1-2. The fourth-order valence-corrected chi connectivity index (χ4v) is 13.1. The van der Waals surface area contributed by atoms with E-state index in [-0.39, 0.29) is 11.6 Å². The fraction of sp³-hybridized carbons (Fsp3) is 0.0357. The topological polar surface area (TPSA) is 17.1 Å². The summed E-state index contributed by atoms with van der Waals surface area (Å²) in [5.41, 5.74) is 9.59. The summed E-state index contributed by atoms with van der Waals surface area (Å²) >= 11 is 0. The summed E-state index contributed by atoms with van der Waals surface area (Å²) in [5.74, 6) is -0.625. The first-order chi connectivity index (χ1) is 29.4. The number of benzene rings is 9. The minimum absolute atomic E-state index is 0.313. The van der Waals surface area contributed by atoms with Crippen molar-refractivity contribution in [2.24, 2.45) is 0 Å². The van der Waals surface area contributed by atoms with E-state index in [1.807, 2.05) is 127 Å². The van der Waals surface area contributed by atoms with Crippen molar-refractivity contribution in [2.75, 3.05) is 0 Å². The number of hydrogen-bond donors (Lipinski definition) is 0. The summed E-state index contributed by atoms with van der Waals surface area (Å²) < 4.78 is 48.0. The van der Waals surface area contributed by atoms with Gasteiger partial charge in [-0.3, -0.25) is 0 Å². The Balaban J connectivity index is 1.22. The standard InChI is InChI=1S/C56H37F2OP/c57-42-26-30-47-49-32-28-45(36-53(49)55(51(47)34-42,38-16-6-1-7-17-38)39-18-8-2-9-19-39)60(59,44-24-14-5-15-25-44)46-29-33-50-48-31-27-43(58)35-52(48)56(54(50)37-46,40-20-10-3-11-21-40)41-22-12-4-13-23-41/h1-37H. The maximum absolute atomic E-state index is 16.9. The average molecular weight is 795 g/mol. The van der Waals surface area contributed by atoms with E-state index in [1.54, 1.807) is 12.1 Å². The minimum Gasteiger partial charge on any atom is -0.309 e. The molecule has 2 aliphatic rings. The molecule has 9 aromatic rings. The Kier molecular flexibility index (Phi) is 8.34. The van der Waals surface area contributed by atoms with Gasteiger partial charge in [0.25, 0.3) is 0 Å². The fourth-order valence-electron chi connectivity index (χ4n) is 10.4. The molecule has 4 heteroatoms. The zero-order chi connectivity index (χ0) is 40.5. The summed E-state index contributed by atoms with van der Waals surface area (Å²) in [6.07, 6.45) is 0. The zero-order valence-electron chi connectivity index (χ0n) is 32.5. The lowest BCUT2D eigenvalue weighted by molar-refractivity contribution is 0.592. The first-order valence-electron chi connectivity index (χ1n) is 20.2. The van der Waals surface area contributed by atoms with Gasteiger partial charge in [-0.15, -0.1) is 0 Å². The molecule has 0 fully saturated rings. The first kappa shape index (κ1) is 36.2. The molecule has 0 saturated heterocycles. The highest BCUT2D eigenvalue weighted by atomic mass is 31.2. The molecular formula is C56H37F2OP. The van der Waals surface area contributed by atoms with Crippen LogP contribution in [0.1, 0.15) is 44.5 Å². The molecule has 11 rings (SSSR count). The van der Waals surface area contributed by atoms with Gasteiger partial charge in [-0.1, -0.05) is 188 Å². The van der Waals surface area contributed by atoms with Crippen LogP contribution in [0.15, 0.2) is 224 Å². The quantitative estimate of drug-likeness (QED) is 0.147. The van der Waals surface area contributed by atoms with E-state index in [2.05, 4.69) is 72.8 Å². The van der Waals surface area contributed by atoms with Crippen LogP contribution in [-0.2, 0) is 15.4 Å². The Labute approximate surface area is 348 Å². The van der Waals surface area contributed by atoms with Crippen molar-refractivity contribution in [3.8, 4) is 22.3 Å². The molecule has 0 N–H and O–H groups in total. The zero-order valence-corrected chi connectivity index (χ0v) is 33.4. The summed E-state index contributed by atoms with van der Waals surface area (Å²) in [6.45, 7) is 0. The Morgan fingerprint density at radius 2 is 0.583 bits per heavy atom. The molecule has 286 valence electrons. The van der Waals surface area contributed by atoms with Gasteiger partial charge in [0.2, 0.25) is 0 Å². The smallest absolute Gasteiger partial charge is 0.171 e. The van der Waals surface area contributed by atoms with Crippen LogP contribution >= 0.6 is 7.14 Å². The lowest BCUT2D eigenvalue weighted by Gasteiger charge is -2.35. The van der Waals surface area contributed by atoms with Gasteiger partial charge in [0, 0.05) is 15.9 Å². The molecule has 0 bridgehead atoms. The molecule has 0 saturated carbocycles. The van der Waals surface area contributed by atoms with Crippen molar-refractivity contribution in [2.45, 2.75) is 10.8 Å². The van der Waals surface area contributed by atoms with E-state index in [0.29, 0.717) is 15.9 Å². The number of halogens is 2. The molecule has 0 aromatic heterocycles. The van der Waals surface area contributed by atoms with E-state index >= 15 is 13.3 Å². The summed E-state index contributed by atoms with van der Waals surface area (Å²) in [7, 11) is -3.68. The lowest BCUT2D eigenvalue weighted by atomic mass is 9.68. The second kappa shape index (κ2) is 13.8. The van der Waals surface area contributed by atoms with Gasteiger partial charge < -0.3 is 4.57 Å². The average Bonchev–Trinajstić information content (AvgIpc) is 3.76. The van der Waals surface area contributed by atoms with E-state index in [0.717, 1.165) is 66.8 Å². The summed E-state index contributed by atoms with van der Waals surface area (Å²) in [6, 6.07) is 73.3. The largest absolute Gasteiger partial charge is 0.309 e. The van der Waals surface area contributed by atoms with Crippen LogP contribution < -0.4 is 15.9 Å². The molecular weight excluding hydrogens is 758 g/mol. The summed E-state index contributed by atoms with van der Waals surface area (Å²) in [5, 5.41) is 2.04. The Morgan fingerprint density at radius 3 is 0.917 bits per heavy atom. The molecule has 0 unspecified atom stereocenters. The maximum Gasteiger partial charge on any atom is 0.171 e. The van der Waals surface area contributed by atoms with Gasteiger partial charge in [0.1, 0.15) is 11.6 Å². The first-order valence-corrected chi connectivity index (χ1v) is 21.9. The predicted octanol–water partition coefficient (Wildman–Crippen LogP) is 12.3. The number of fused-ring (bicyclic) bond motifs is 6. The highest BCUT2D eigenvalue weighted by Gasteiger charge is 2.49. The molecule has 9 aromatic carbocycles. The molecule has 0 aliphatic heterocycles. The van der Waals surface area contributed by atoms with Crippen molar-refractivity contribution in [1.82, 2.24) is 0 Å². The highest BCUT2D eigenvalue weighted by Crippen LogP contribution is 2.59. The molecule has 60 heavy (non-hydrogen) atoms. The number of rotatable bonds is 7. The second-order valence-electron chi connectivity index (χ2n) is 15.7. The lowest BCUT2D eigenvalue weighted by Crippen LogP contribution is -2.32. The van der Waals surface area contributed by atoms with E-state index in [1.165, 1.54) is 12.1 Å². The van der Waals surface area contributed by atoms with E-state index in [9.17, 15) is 0 Å². The van der Waals surface area contributed by atoms with Crippen LogP contribution in [0.2, 0.25) is 0 Å². The van der Waals surface area contributed by atoms with Crippen LogP contribution in [0.3, 0.4) is 0 Å². The van der Waals surface area contributed by atoms with Crippen molar-refractivity contribution < 1.29 is 13.3 Å². The van der Waals surface area contributed by atoms with Crippen molar-refractivity contribution in [3.05, 3.63) is 281 Å². The van der Waals surface area contributed by atoms with Crippen LogP contribution in [0.4, 0.5) is 8.78 Å². The summed E-state index contributed by atoms with van der Waals surface area (Å²) in [4.78, 5) is 0. The second-order valence-corrected chi connectivity index (χ2v) is 18.5. The molecule has 2 aliphatic carbocycles. The molecule has 0 atom stereocenters. The van der Waals surface area contributed by atoms with Gasteiger partial charge in [-0.05, 0) is 103 Å². The van der Waals surface area contributed by atoms with Crippen LogP contribution in [0, 0.1) is 11.6 Å². The van der Waals surface area contributed by atoms with Crippen LogP contribution in [0.25, 0.3) is 22.3 Å².